The minimum absolute atomic E-state index is 0. The Morgan fingerprint density at radius 2 is 2.29 bits per heavy atom. The zero-order valence-corrected chi connectivity index (χ0v) is 3.89. The summed E-state index contributed by atoms with van der Waals surface area (Å²) in [6.45, 7) is 1.25. The number of carbonyl (C=O) groups is 1. The van der Waals surface area contributed by atoms with Gasteiger partial charge in [-0.3, -0.25) is 4.79 Å². The van der Waals surface area contributed by atoms with E-state index in [-0.39, 0.29) is 5.48 Å². The first-order valence-electron chi connectivity index (χ1n) is 1.40. The van der Waals surface area contributed by atoms with E-state index >= 15 is 0 Å². The van der Waals surface area contributed by atoms with Crippen molar-refractivity contribution in [3.05, 3.63) is 0 Å². The van der Waals surface area contributed by atoms with E-state index in [2.05, 4.69) is 10.7 Å². The summed E-state index contributed by atoms with van der Waals surface area (Å²) >= 11 is 0. The van der Waals surface area contributed by atoms with Crippen molar-refractivity contribution in [1.82, 2.24) is 5.59 Å². The average molecular weight is 108 g/mol. The fourth-order valence-corrected chi connectivity index (χ4v) is 0.0830. The minimum Gasteiger partial charge on any atom is -0.412 e. The predicted octanol–water partition coefficient (Wildman–Crippen LogP) is -1.90. The maximum atomic E-state index is 9.68. The number of carbonyl (C=O) groups excluding carboxylic acids is 1. The summed E-state index contributed by atoms with van der Waals surface area (Å²) in [6, 6.07) is 0. The molecule has 0 bridgehead atoms. The summed E-state index contributed by atoms with van der Waals surface area (Å²) in [6.07, 6.45) is 0. The van der Waals surface area contributed by atoms with Crippen LogP contribution < -0.4 is 11.4 Å². The highest BCUT2D eigenvalue weighted by Crippen LogP contribution is 1.59. The first-order valence-corrected chi connectivity index (χ1v) is 1.40. The van der Waals surface area contributed by atoms with Crippen molar-refractivity contribution >= 4 is 5.97 Å². The minimum atomic E-state index is -0.447. The molecule has 44 valence electrons. The molecule has 0 saturated carbocycles. The third kappa shape index (κ3) is 10.9. The highest BCUT2D eigenvalue weighted by atomic mass is 16.7. The van der Waals surface area contributed by atoms with Gasteiger partial charge in [-0.2, -0.15) is 0 Å². The number of hydrogen-bond acceptors (Lipinski definition) is 4. The van der Waals surface area contributed by atoms with E-state index in [1.807, 2.05) is 0 Å². The molecule has 0 saturated heterocycles. The molecule has 0 radical (unpaired) electrons. The quantitative estimate of drug-likeness (QED) is 0.303. The lowest BCUT2D eigenvalue weighted by atomic mass is 10.8. The van der Waals surface area contributed by atoms with Crippen LogP contribution >= 0.6 is 0 Å². The standard InChI is InChI=1S/C2H6N2O2.H2O/c1-2(5)6-4-3;/h4H,3H2,1H3;1H2. The van der Waals surface area contributed by atoms with Crippen LogP contribution in [0.25, 0.3) is 0 Å². The van der Waals surface area contributed by atoms with Crippen LogP contribution in [0.3, 0.4) is 0 Å². The fourth-order valence-electron chi connectivity index (χ4n) is 0.0830. The maximum Gasteiger partial charge on any atom is 0.323 e. The number of rotatable bonds is 1. The Bertz CT molecular complexity index is 54.9. The van der Waals surface area contributed by atoms with Crippen molar-refractivity contribution in [2.75, 3.05) is 0 Å². The third-order valence-corrected chi connectivity index (χ3v) is 0.203. The van der Waals surface area contributed by atoms with Gasteiger partial charge >= 0.3 is 5.97 Å². The van der Waals surface area contributed by atoms with E-state index in [0.717, 1.165) is 0 Å². The van der Waals surface area contributed by atoms with Crippen molar-refractivity contribution in [3.8, 4) is 0 Å². The molecule has 0 aromatic heterocycles. The SMILES string of the molecule is CC(=O)ONN.O. The highest BCUT2D eigenvalue weighted by molar-refractivity contribution is 5.65. The molecule has 5 heteroatoms. The van der Waals surface area contributed by atoms with Crippen molar-refractivity contribution in [3.63, 3.8) is 0 Å². The predicted molar refractivity (Wildman–Crippen MR) is 22.7 cm³/mol. The topological polar surface area (TPSA) is 95.8 Å². The second-order valence-electron chi connectivity index (χ2n) is 0.711. The van der Waals surface area contributed by atoms with Crippen LogP contribution in [0.1, 0.15) is 6.92 Å². The van der Waals surface area contributed by atoms with E-state index < -0.39 is 5.97 Å². The molecule has 5 N–H and O–H groups in total. The Morgan fingerprint density at radius 3 is 2.29 bits per heavy atom. The molecule has 0 spiro atoms. The number of hydrogen-bond donors (Lipinski definition) is 2. The Labute approximate surface area is 40.7 Å². The van der Waals surface area contributed by atoms with Gasteiger partial charge < -0.3 is 10.3 Å². The zero-order chi connectivity index (χ0) is 4.99. The van der Waals surface area contributed by atoms with Gasteiger partial charge in [-0.1, -0.05) is 5.59 Å². The maximum absolute atomic E-state index is 9.68. The van der Waals surface area contributed by atoms with Crippen LogP contribution in [-0.2, 0) is 9.63 Å². The van der Waals surface area contributed by atoms with Gasteiger partial charge in [0.2, 0.25) is 0 Å². The van der Waals surface area contributed by atoms with Crippen LogP contribution in [-0.4, -0.2) is 11.4 Å². The first-order chi connectivity index (χ1) is 2.77. The molecule has 0 heterocycles. The number of nitrogens with two attached hydrogens (primary N) is 1. The highest BCUT2D eigenvalue weighted by Gasteiger charge is 1.81. The van der Waals surface area contributed by atoms with E-state index in [9.17, 15) is 4.79 Å². The summed E-state index contributed by atoms with van der Waals surface area (Å²) < 4.78 is 0. The average Bonchev–Trinajstić information content (AvgIpc) is 1.35. The molecule has 0 aliphatic rings. The molecule has 0 fully saturated rings. The van der Waals surface area contributed by atoms with E-state index in [1.165, 1.54) is 6.92 Å². The largest absolute Gasteiger partial charge is 0.412 e. The van der Waals surface area contributed by atoms with Crippen LogP contribution in [0.15, 0.2) is 0 Å². The summed E-state index contributed by atoms with van der Waals surface area (Å²) in [4.78, 5) is 13.6. The number of nitrogens with one attached hydrogen (secondary N) is 1. The molecule has 0 aliphatic heterocycles. The molecule has 0 aliphatic carbocycles. The van der Waals surface area contributed by atoms with E-state index in [4.69, 9.17) is 0 Å². The Morgan fingerprint density at radius 1 is 1.86 bits per heavy atom. The first kappa shape index (κ1) is 9.61. The molecule has 0 amide bonds. The zero-order valence-electron chi connectivity index (χ0n) is 3.89. The van der Waals surface area contributed by atoms with Crippen LogP contribution in [0.2, 0.25) is 0 Å². The molecule has 0 aromatic rings. The Balaban J connectivity index is 0. The van der Waals surface area contributed by atoms with Gasteiger partial charge in [-0.15, -0.1) is 0 Å². The van der Waals surface area contributed by atoms with Crippen LogP contribution in [0.4, 0.5) is 0 Å². The van der Waals surface area contributed by atoms with E-state index in [0.29, 0.717) is 0 Å². The summed E-state index contributed by atoms with van der Waals surface area (Å²) in [5.74, 6) is 4.09. The second kappa shape index (κ2) is 5.35. The smallest absolute Gasteiger partial charge is 0.323 e. The lowest BCUT2D eigenvalue weighted by Crippen LogP contribution is -2.24. The molecular weight excluding hydrogens is 100 g/mol. The summed E-state index contributed by atoms with van der Waals surface area (Å²) in [5, 5.41) is 0. The lowest BCUT2D eigenvalue weighted by Gasteiger charge is -1.90. The van der Waals surface area contributed by atoms with Crippen LogP contribution in [0, 0.1) is 0 Å². The van der Waals surface area contributed by atoms with E-state index in [1.54, 1.807) is 5.59 Å². The van der Waals surface area contributed by atoms with Gasteiger partial charge in [-0.25, -0.2) is 5.84 Å². The molecule has 5 nitrogen and oxygen atoms in total. The second-order valence-corrected chi connectivity index (χ2v) is 0.711. The molecule has 0 atom stereocenters. The van der Waals surface area contributed by atoms with Crippen molar-refractivity contribution in [2.24, 2.45) is 5.84 Å². The summed E-state index contributed by atoms with van der Waals surface area (Å²) in [5.41, 5.74) is 1.72. The Hall–Kier alpha value is -0.650. The monoisotopic (exact) mass is 108 g/mol. The van der Waals surface area contributed by atoms with Crippen LogP contribution in [0.5, 0.6) is 0 Å². The molecule has 7 heavy (non-hydrogen) atoms. The number of hydrazine groups is 1. The lowest BCUT2D eigenvalue weighted by molar-refractivity contribution is -0.148. The van der Waals surface area contributed by atoms with Gasteiger partial charge in [-0.05, 0) is 0 Å². The van der Waals surface area contributed by atoms with Crippen molar-refractivity contribution in [1.29, 1.82) is 0 Å². The van der Waals surface area contributed by atoms with Crippen molar-refractivity contribution in [2.45, 2.75) is 6.92 Å². The fraction of sp³-hybridized carbons (Fsp3) is 0.500. The van der Waals surface area contributed by atoms with Gasteiger partial charge in [0.15, 0.2) is 0 Å². The molecule has 0 unspecified atom stereocenters. The normalized spacial score (nSPS) is 6.57. The molecular formula is C2H8N2O3. The van der Waals surface area contributed by atoms with Gasteiger partial charge in [0, 0.05) is 6.92 Å². The third-order valence-electron chi connectivity index (χ3n) is 0.203. The van der Waals surface area contributed by atoms with Gasteiger partial charge in [0.25, 0.3) is 0 Å². The summed E-state index contributed by atoms with van der Waals surface area (Å²) in [7, 11) is 0. The van der Waals surface area contributed by atoms with Gasteiger partial charge in [0.1, 0.15) is 0 Å². The Kier molecular flexibility index (Phi) is 7.34. The van der Waals surface area contributed by atoms with Crippen molar-refractivity contribution < 1.29 is 15.1 Å². The molecule has 0 rings (SSSR count). The van der Waals surface area contributed by atoms with Gasteiger partial charge in [0.05, 0.1) is 0 Å². The molecule has 0 aromatic carbocycles.